The van der Waals surface area contributed by atoms with E-state index in [-0.39, 0.29) is 29.2 Å². The molecule has 3 rings (SSSR count). The predicted molar refractivity (Wildman–Crippen MR) is 94.3 cm³/mol. The van der Waals surface area contributed by atoms with Gasteiger partial charge in [0.2, 0.25) is 0 Å². The zero-order valence-corrected chi connectivity index (χ0v) is 14.4. The monoisotopic (exact) mass is 399 g/mol. The van der Waals surface area contributed by atoms with Gasteiger partial charge in [0.25, 0.3) is 5.69 Å². The Morgan fingerprint density at radius 3 is 2.66 bits per heavy atom. The summed E-state index contributed by atoms with van der Waals surface area (Å²) in [5.74, 6) is -1.00. The first kappa shape index (κ1) is 19.2. The van der Waals surface area contributed by atoms with Crippen LogP contribution in [0, 0.1) is 20.2 Å². The van der Waals surface area contributed by atoms with Gasteiger partial charge >= 0.3 is 11.6 Å². The second kappa shape index (κ2) is 7.99. The number of hydrazone groups is 1. The van der Waals surface area contributed by atoms with Gasteiger partial charge in [-0.05, 0) is 17.7 Å². The van der Waals surface area contributed by atoms with Crippen LogP contribution in [-0.4, -0.2) is 31.7 Å². The van der Waals surface area contributed by atoms with E-state index in [1.54, 1.807) is 0 Å². The molecular weight excluding hydrogens is 388 g/mol. The molecule has 29 heavy (non-hydrogen) atoms. The number of nitrogens with zero attached hydrogens (tertiary/aromatic N) is 5. The van der Waals surface area contributed by atoms with Gasteiger partial charge < -0.3 is 9.52 Å². The number of benzene rings is 1. The van der Waals surface area contributed by atoms with Crippen molar-refractivity contribution in [1.29, 1.82) is 0 Å². The molecule has 0 saturated heterocycles. The summed E-state index contributed by atoms with van der Waals surface area (Å²) >= 11 is 0. The van der Waals surface area contributed by atoms with Crippen LogP contribution >= 0.6 is 0 Å². The fraction of sp³-hybridized carbons (Fsp3) is 0.0625. The van der Waals surface area contributed by atoms with Crippen molar-refractivity contribution in [3.8, 4) is 5.75 Å². The molecule has 2 heterocycles. The van der Waals surface area contributed by atoms with Gasteiger partial charge in [0.15, 0.2) is 5.76 Å². The van der Waals surface area contributed by atoms with Gasteiger partial charge in [-0.15, -0.1) is 0 Å². The lowest BCUT2D eigenvalue weighted by atomic mass is 10.2. The van der Waals surface area contributed by atoms with Crippen molar-refractivity contribution in [3.05, 3.63) is 80.0 Å². The number of carbonyl (C=O) groups excluding carboxylic acids is 1. The first-order valence-corrected chi connectivity index (χ1v) is 7.88. The van der Waals surface area contributed by atoms with E-state index in [4.69, 9.17) is 4.42 Å². The maximum absolute atomic E-state index is 12.0. The van der Waals surface area contributed by atoms with Crippen molar-refractivity contribution in [2.45, 2.75) is 6.54 Å². The largest absolute Gasteiger partial charge is 0.872 e. The molecule has 0 spiro atoms. The summed E-state index contributed by atoms with van der Waals surface area (Å²) in [6.07, 6.45) is 3.29. The third-order valence-corrected chi connectivity index (χ3v) is 3.61. The molecule has 0 saturated carbocycles. The highest BCUT2D eigenvalue weighted by atomic mass is 16.6. The number of carbonyl (C=O) groups is 1. The predicted octanol–water partition coefficient (Wildman–Crippen LogP) is 1.18. The van der Waals surface area contributed by atoms with Gasteiger partial charge in [-0.2, -0.15) is 10.2 Å². The maximum Gasteiger partial charge on any atom is 0.307 e. The number of non-ortho nitro benzene ring substituents is 1. The smallest absolute Gasteiger partial charge is 0.307 e. The van der Waals surface area contributed by atoms with Crippen molar-refractivity contribution >= 4 is 23.5 Å². The van der Waals surface area contributed by atoms with Crippen LogP contribution in [0.2, 0.25) is 0 Å². The van der Waals surface area contributed by atoms with Gasteiger partial charge in [-0.3, -0.25) is 29.7 Å². The third-order valence-electron chi connectivity index (χ3n) is 3.61. The van der Waals surface area contributed by atoms with Crippen LogP contribution < -0.4 is 10.5 Å². The number of amides is 1. The molecule has 0 aliphatic heterocycles. The molecule has 0 aliphatic rings. The lowest BCUT2D eigenvalue weighted by Gasteiger charge is -2.08. The molecule has 1 aromatic carbocycles. The zero-order valence-electron chi connectivity index (χ0n) is 14.4. The minimum atomic E-state index is -0.725. The number of furan rings is 1. The van der Waals surface area contributed by atoms with E-state index >= 15 is 0 Å². The molecular formula is C16H11N6O7-. The standard InChI is InChI=1S/C16H12N6O7/c23-14-3-1-11(21(25)26)5-10(14)6-17-19-16(24)15-4-2-13(29-15)9-20-8-12(7-18-20)22(27)28/h1-8,23H,9H2,(H,19,24)/p-1/b17-6-. The Hall–Kier alpha value is -4.55. The summed E-state index contributed by atoms with van der Waals surface area (Å²) in [6, 6.07) is 5.98. The number of aromatic nitrogens is 2. The van der Waals surface area contributed by atoms with Gasteiger partial charge in [0.1, 0.15) is 18.2 Å². The van der Waals surface area contributed by atoms with Crippen molar-refractivity contribution in [2.75, 3.05) is 0 Å². The van der Waals surface area contributed by atoms with Crippen LogP contribution in [0.3, 0.4) is 0 Å². The van der Waals surface area contributed by atoms with Gasteiger partial charge in [0.05, 0.1) is 22.6 Å². The fourth-order valence-electron chi connectivity index (χ4n) is 2.24. The average Bonchev–Trinajstić information content (AvgIpc) is 3.33. The summed E-state index contributed by atoms with van der Waals surface area (Å²) in [5, 5.41) is 40.5. The Bertz CT molecular complexity index is 1120. The molecule has 3 aromatic rings. The summed E-state index contributed by atoms with van der Waals surface area (Å²) in [4.78, 5) is 32.2. The van der Waals surface area contributed by atoms with E-state index in [1.165, 1.54) is 23.0 Å². The van der Waals surface area contributed by atoms with Crippen molar-refractivity contribution in [3.63, 3.8) is 0 Å². The highest BCUT2D eigenvalue weighted by Gasteiger charge is 2.13. The summed E-state index contributed by atoms with van der Waals surface area (Å²) < 4.78 is 6.60. The lowest BCUT2D eigenvalue weighted by molar-refractivity contribution is -0.385. The van der Waals surface area contributed by atoms with Crippen LogP contribution in [0.1, 0.15) is 21.9 Å². The lowest BCUT2D eigenvalue weighted by Crippen LogP contribution is -2.17. The molecule has 13 nitrogen and oxygen atoms in total. The first-order chi connectivity index (χ1) is 13.8. The van der Waals surface area contributed by atoms with Gasteiger partial charge in [-0.1, -0.05) is 11.8 Å². The second-order valence-corrected chi connectivity index (χ2v) is 5.60. The Labute approximate surface area is 161 Å². The molecule has 1 N–H and O–H groups in total. The molecule has 0 radical (unpaired) electrons. The van der Waals surface area contributed by atoms with Crippen molar-refractivity contribution in [1.82, 2.24) is 15.2 Å². The second-order valence-electron chi connectivity index (χ2n) is 5.60. The fourth-order valence-corrected chi connectivity index (χ4v) is 2.24. The SMILES string of the molecule is O=C(N/N=C\c1cc([N+](=O)[O-])ccc1[O-])c1ccc(Cn2cc([N+](=O)[O-])cn2)o1. The molecule has 0 aliphatic carbocycles. The molecule has 0 atom stereocenters. The van der Waals surface area contributed by atoms with Gasteiger partial charge in [0, 0.05) is 12.1 Å². The van der Waals surface area contributed by atoms with Crippen LogP contribution in [0.15, 0.2) is 52.2 Å². The van der Waals surface area contributed by atoms with E-state index in [2.05, 4.69) is 15.6 Å². The van der Waals surface area contributed by atoms with E-state index in [0.29, 0.717) is 5.76 Å². The minimum absolute atomic E-state index is 0.0671. The summed E-state index contributed by atoms with van der Waals surface area (Å²) in [7, 11) is 0. The van der Waals surface area contributed by atoms with Crippen molar-refractivity contribution < 1.29 is 24.2 Å². The summed E-state index contributed by atoms with van der Waals surface area (Å²) in [6.45, 7) is 0.0671. The molecule has 0 unspecified atom stereocenters. The van der Waals surface area contributed by atoms with E-state index in [0.717, 1.165) is 30.6 Å². The van der Waals surface area contributed by atoms with Crippen LogP contribution in [-0.2, 0) is 6.54 Å². The van der Waals surface area contributed by atoms with Crippen LogP contribution in [0.25, 0.3) is 0 Å². The quantitative estimate of drug-likeness (QED) is 0.349. The Balaban J connectivity index is 1.63. The number of hydrogen-bond acceptors (Lipinski definition) is 9. The van der Waals surface area contributed by atoms with E-state index in [1.807, 2.05) is 0 Å². The van der Waals surface area contributed by atoms with Gasteiger partial charge in [-0.25, -0.2) is 5.43 Å². The first-order valence-electron chi connectivity index (χ1n) is 7.88. The Morgan fingerprint density at radius 2 is 1.97 bits per heavy atom. The highest BCUT2D eigenvalue weighted by molar-refractivity contribution is 5.92. The minimum Gasteiger partial charge on any atom is -0.872 e. The maximum atomic E-state index is 12.0. The summed E-state index contributed by atoms with van der Waals surface area (Å²) in [5.41, 5.74) is 1.60. The third kappa shape index (κ3) is 4.60. The number of nitro benzene ring substituents is 1. The van der Waals surface area contributed by atoms with E-state index in [9.17, 15) is 30.1 Å². The van der Waals surface area contributed by atoms with E-state index < -0.39 is 21.5 Å². The van der Waals surface area contributed by atoms with Crippen LogP contribution in [0.5, 0.6) is 5.75 Å². The highest BCUT2D eigenvalue weighted by Crippen LogP contribution is 2.19. The van der Waals surface area contributed by atoms with Crippen LogP contribution in [0.4, 0.5) is 11.4 Å². The molecule has 1 amide bonds. The number of rotatable bonds is 7. The Morgan fingerprint density at radius 1 is 1.21 bits per heavy atom. The average molecular weight is 399 g/mol. The van der Waals surface area contributed by atoms with Crippen molar-refractivity contribution in [2.24, 2.45) is 5.10 Å². The molecule has 13 heteroatoms. The zero-order chi connectivity index (χ0) is 21.0. The number of nitrogens with one attached hydrogen (secondary N) is 1. The number of nitro groups is 2. The molecule has 0 bridgehead atoms. The molecule has 148 valence electrons. The Kier molecular flexibility index (Phi) is 5.30. The number of hydrogen-bond donors (Lipinski definition) is 1. The molecule has 2 aromatic heterocycles. The topological polar surface area (TPSA) is 182 Å². The normalized spacial score (nSPS) is 10.9. The molecule has 0 fully saturated rings.